The maximum atomic E-state index is 12.4. The van der Waals surface area contributed by atoms with Gasteiger partial charge in [-0.25, -0.2) is 4.99 Å². The van der Waals surface area contributed by atoms with Crippen molar-refractivity contribution in [1.82, 2.24) is 14.9 Å². The molecule has 0 radical (unpaired) electrons. The number of ether oxygens (including phenoxy) is 2. The molecule has 0 saturated heterocycles. The normalized spacial score (nSPS) is 22.2. The van der Waals surface area contributed by atoms with Crippen LogP contribution in [-0.2, 0) is 20.8 Å². The lowest BCUT2D eigenvalue weighted by Gasteiger charge is -2.23. The van der Waals surface area contributed by atoms with E-state index in [4.69, 9.17) is 4.74 Å². The number of methoxy groups -OCH3 is 1. The minimum absolute atomic E-state index is 0.125. The highest BCUT2D eigenvalue weighted by Crippen LogP contribution is 2.47. The molecule has 1 aliphatic carbocycles. The number of amidine groups is 1. The number of hydrogen-bond acceptors (Lipinski definition) is 7. The van der Waals surface area contributed by atoms with Crippen molar-refractivity contribution in [2.75, 3.05) is 13.7 Å². The van der Waals surface area contributed by atoms with E-state index in [9.17, 15) is 9.59 Å². The van der Waals surface area contributed by atoms with E-state index >= 15 is 0 Å². The summed E-state index contributed by atoms with van der Waals surface area (Å²) < 4.78 is 12.1. The first-order valence-electron chi connectivity index (χ1n) is 10.3. The van der Waals surface area contributed by atoms with Crippen LogP contribution in [0, 0.1) is 12.8 Å². The Labute approximate surface area is 180 Å². The van der Waals surface area contributed by atoms with Gasteiger partial charge in [-0.2, -0.15) is 0 Å². The van der Waals surface area contributed by atoms with Crippen molar-refractivity contribution in [1.29, 1.82) is 0 Å². The number of aromatic nitrogens is 2. The number of rotatable bonds is 7. The molecule has 31 heavy (non-hydrogen) atoms. The topological polar surface area (TPSA) is 94.8 Å². The fraction of sp³-hybridized carbons (Fsp3) is 0.391. The molecule has 162 valence electrons. The number of aryl methyl sites for hydroxylation is 1. The van der Waals surface area contributed by atoms with Crippen LogP contribution < -0.4 is 10.9 Å². The summed E-state index contributed by atoms with van der Waals surface area (Å²) in [4.78, 5) is 33.0. The van der Waals surface area contributed by atoms with Gasteiger partial charge in [0, 0.05) is 41.8 Å². The zero-order valence-corrected chi connectivity index (χ0v) is 17.9. The molecule has 1 N–H and O–H groups in total. The van der Waals surface area contributed by atoms with Crippen molar-refractivity contribution in [2.45, 2.75) is 39.0 Å². The molecule has 8 heteroatoms. The van der Waals surface area contributed by atoms with E-state index in [2.05, 4.69) is 32.2 Å². The first kappa shape index (κ1) is 21.0. The molecule has 2 aromatic rings. The van der Waals surface area contributed by atoms with Crippen LogP contribution in [-0.4, -0.2) is 41.3 Å². The highest BCUT2D eigenvalue weighted by Gasteiger charge is 2.40. The van der Waals surface area contributed by atoms with Gasteiger partial charge in [0.25, 0.3) is 5.56 Å². The van der Waals surface area contributed by atoms with Crippen LogP contribution >= 0.6 is 0 Å². The summed E-state index contributed by atoms with van der Waals surface area (Å²) in [5.41, 5.74) is 3.45. The number of carbonyl (C=O) groups is 1. The summed E-state index contributed by atoms with van der Waals surface area (Å²) in [6.07, 6.45) is 5.85. The van der Waals surface area contributed by atoms with Gasteiger partial charge in [0.2, 0.25) is 0 Å². The molecule has 4 rings (SSSR count). The number of nitrogens with zero attached hydrogens (tertiary/aromatic N) is 3. The van der Waals surface area contributed by atoms with Gasteiger partial charge >= 0.3 is 5.97 Å². The lowest BCUT2D eigenvalue weighted by atomic mass is 10.1. The second-order valence-electron chi connectivity index (χ2n) is 7.96. The molecule has 0 bridgehead atoms. The SMILES string of the molecule is COC(=O)Cn1ccc(C2=CNC(C)=NC2OCC2CC2c2ccc(C)cn2)cc1=O. The van der Waals surface area contributed by atoms with E-state index in [1.165, 1.54) is 17.7 Å². The van der Waals surface area contributed by atoms with E-state index in [0.29, 0.717) is 24.0 Å². The second-order valence-corrected chi connectivity index (χ2v) is 7.96. The van der Waals surface area contributed by atoms with E-state index in [1.54, 1.807) is 12.3 Å². The summed E-state index contributed by atoms with van der Waals surface area (Å²) in [6, 6.07) is 7.43. The molecule has 2 aromatic heterocycles. The molecule has 2 aliphatic rings. The van der Waals surface area contributed by atoms with E-state index in [-0.39, 0.29) is 12.1 Å². The minimum atomic E-state index is -0.496. The molecule has 1 saturated carbocycles. The Morgan fingerprint density at radius 3 is 2.84 bits per heavy atom. The maximum absolute atomic E-state index is 12.4. The summed E-state index contributed by atoms with van der Waals surface area (Å²) >= 11 is 0. The Morgan fingerprint density at radius 1 is 1.29 bits per heavy atom. The van der Waals surface area contributed by atoms with Crippen LogP contribution in [0.4, 0.5) is 0 Å². The van der Waals surface area contributed by atoms with Crippen LogP contribution in [0.15, 0.2) is 52.6 Å². The van der Waals surface area contributed by atoms with Crippen molar-refractivity contribution < 1.29 is 14.3 Å². The largest absolute Gasteiger partial charge is 0.468 e. The van der Waals surface area contributed by atoms with E-state index in [0.717, 1.165) is 29.1 Å². The second kappa shape index (κ2) is 8.85. The fourth-order valence-electron chi connectivity index (χ4n) is 3.62. The van der Waals surface area contributed by atoms with Crippen molar-refractivity contribution in [3.05, 3.63) is 70.0 Å². The number of hydrogen-bond donors (Lipinski definition) is 1. The highest BCUT2D eigenvalue weighted by atomic mass is 16.5. The zero-order chi connectivity index (χ0) is 22.0. The van der Waals surface area contributed by atoms with Crippen molar-refractivity contribution in [3.63, 3.8) is 0 Å². The van der Waals surface area contributed by atoms with Gasteiger partial charge in [-0.05, 0) is 49.4 Å². The third-order valence-corrected chi connectivity index (χ3v) is 5.57. The van der Waals surface area contributed by atoms with Crippen LogP contribution in [0.3, 0.4) is 0 Å². The number of aliphatic imine (C=N–C) groups is 1. The van der Waals surface area contributed by atoms with Crippen LogP contribution in [0.1, 0.15) is 36.1 Å². The monoisotopic (exact) mass is 422 g/mol. The van der Waals surface area contributed by atoms with E-state index in [1.807, 2.05) is 26.2 Å². The van der Waals surface area contributed by atoms with Gasteiger partial charge in [-0.3, -0.25) is 14.6 Å². The number of pyridine rings is 2. The van der Waals surface area contributed by atoms with Gasteiger partial charge in [0.15, 0.2) is 6.23 Å². The van der Waals surface area contributed by atoms with Gasteiger partial charge in [0.05, 0.1) is 13.7 Å². The van der Waals surface area contributed by atoms with Crippen molar-refractivity contribution >= 4 is 17.4 Å². The van der Waals surface area contributed by atoms with Crippen LogP contribution in [0.2, 0.25) is 0 Å². The van der Waals surface area contributed by atoms with Crippen molar-refractivity contribution in [3.8, 4) is 0 Å². The number of carbonyl (C=O) groups excluding carboxylic acids is 1. The maximum Gasteiger partial charge on any atom is 0.325 e. The Kier molecular flexibility index (Phi) is 5.99. The smallest absolute Gasteiger partial charge is 0.325 e. The molecular formula is C23H26N4O4. The molecule has 3 unspecified atom stereocenters. The predicted octanol–water partition coefficient (Wildman–Crippen LogP) is 2.23. The number of nitrogens with one attached hydrogen (secondary N) is 1. The van der Waals surface area contributed by atoms with E-state index < -0.39 is 12.2 Å². The Bertz CT molecular complexity index is 1090. The van der Waals surface area contributed by atoms with Crippen LogP contribution in [0.25, 0.3) is 5.57 Å². The predicted molar refractivity (Wildman–Crippen MR) is 117 cm³/mol. The molecule has 0 amide bonds. The molecular weight excluding hydrogens is 396 g/mol. The average molecular weight is 422 g/mol. The number of esters is 1. The Morgan fingerprint density at radius 2 is 2.13 bits per heavy atom. The lowest BCUT2D eigenvalue weighted by Crippen LogP contribution is -2.29. The summed E-state index contributed by atoms with van der Waals surface area (Å²) in [6.45, 7) is 4.34. The fourth-order valence-corrected chi connectivity index (χ4v) is 3.62. The Hall–Kier alpha value is -3.26. The first-order chi connectivity index (χ1) is 14.9. The zero-order valence-electron chi connectivity index (χ0n) is 17.9. The molecule has 8 nitrogen and oxygen atoms in total. The molecule has 1 fully saturated rings. The Balaban J connectivity index is 1.43. The first-order valence-corrected chi connectivity index (χ1v) is 10.3. The summed E-state index contributed by atoms with van der Waals surface area (Å²) in [7, 11) is 1.29. The van der Waals surface area contributed by atoms with Crippen LogP contribution in [0.5, 0.6) is 0 Å². The van der Waals surface area contributed by atoms with Gasteiger partial charge < -0.3 is 19.4 Å². The van der Waals surface area contributed by atoms with Gasteiger partial charge in [0.1, 0.15) is 12.4 Å². The molecule has 3 atom stereocenters. The lowest BCUT2D eigenvalue weighted by molar-refractivity contribution is -0.141. The van der Waals surface area contributed by atoms with Gasteiger partial charge in [-0.1, -0.05) is 6.07 Å². The summed E-state index contributed by atoms with van der Waals surface area (Å²) in [5, 5.41) is 3.09. The average Bonchev–Trinajstić information content (AvgIpc) is 3.54. The van der Waals surface area contributed by atoms with Crippen molar-refractivity contribution in [2.24, 2.45) is 10.9 Å². The highest BCUT2D eigenvalue weighted by molar-refractivity contribution is 5.86. The molecule has 0 aromatic carbocycles. The molecule has 3 heterocycles. The standard InChI is InChI=1S/C23H26N4O4/c1-14-4-5-20(25-10-14)18-8-17(18)13-31-23-19(11-24-15(2)26-23)16-6-7-27(21(28)9-16)12-22(29)30-3/h4-7,9-11,17-18,23H,8,12-13H2,1-3H3,(H,24,26). The molecule has 0 spiro atoms. The molecule has 1 aliphatic heterocycles. The third kappa shape index (κ3) is 4.91. The van der Waals surface area contributed by atoms with Gasteiger partial charge in [-0.15, -0.1) is 0 Å². The third-order valence-electron chi connectivity index (χ3n) is 5.57. The summed E-state index contributed by atoms with van der Waals surface area (Å²) in [5.74, 6) is 1.11. The minimum Gasteiger partial charge on any atom is -0.468 e. The quantitative estimate of drug-likeness (QED) is 0.688.